The van der Waals surface area contributed by atoms with Crippen LogP contribution in [0.15, 0.2) is 48.9 Å². The predicted octanol–water partition coefficient (Wildman–Crippen LogP) is 5.28. The zero-order valence-electron chi connectivity index (χ0n) is 18.5. The minimum absolute atomic E-state index is 0.0354. The summed E-state index contributed by atoms with van der Waals surface area (Å²) in [4.78, 5) is 17.4. The van der Waals surface area contributed by atoms with Crippen molar-refractivity contribution in [3.8, 4) is 22.8 Å². The number of hydrogen-bond acceptors (Lipinski definition) is 4. The molecule has 0 saturated heterocycles. The van der Waals surface area contributed by atoms with Crippen LogP contribution in [0.25, 0.3) is 11.3 Å². The average Bonchev–Trinajstić information content (AvgIpc) is 3.22. The van der Waals surface area contributed by atoms with Crippen molar-refractivity contribution in [2.45, 2.75) is 52.0 Å². The number of pyridine rings is 1. The molecule has 6 heteroatoms. The summed E-state index contributed by atoms with van der Waals surface area (Å²) < 4.78 is 7.88. The molecule has 1 aromatic carbocycles. The molecule has 1 N–H and O–H groups in total. The molecule has 3 aromatic rings. The topological polar surface area (TPSA) is 69.0 Å². The van der Waals surface area contributed by atoms with Gasteiger partial charge in [0.2, 0.25) is 0 Å². The molecule has 1 amide bonds. The number of amides is 1. The highest BCUT2D eigenvalue weighted by Crippen LogP contribution is 2.30. The molecule has 1 fully saturated rings. The van der Waals surface area contributed by atoms with Gasteiger partial charge in [0, 0.05) is 48.2 Å². The van der Waals surface area contributed by atoms with Gasteiger partial charge in [-0.15, -0.1) is 0 Å². The Balaban J connectivity index is 1.49. The average molecular weight is 419 g/mol. The Kier molecular flexibility index (Phi) is 6.35. The highest BCUT2D eigenvalue weighted by molar-refractivity contribution is 5.96. The van der Waals surface area contributed by atoms with E-state index in [1.54, 1.807) is 17.1 Å². The van der Waals surface area contributed by atoms with E-state index in [-0.39, 0.29) is 11.9 Å². The number of hydrogen-bond donors (Lipinski definition) is 1. The van der Waals surface area contributed by atoms with Gasteiger partial charge in [-0.25, -0.2) is 0 Å². The van der Waals surface area contributed by atoms with Crippen LogP contribution in [0.1, 0.15) is 54.9 Å². The molecule has 4 rings (SSSR count). The molecule has 2 heterocycles. The third kappa shape index (κ3) is 4.95. The van der Waals surface area contributed by atoms with Crippen LogP contribution < -0.4 is 10.1 Å². The molecule has 0 unspecified atom stereocenters. The van der Waals surface area contributed by atoms with Crippen molar-refractivity contribution in [2.75, 3.05) is 0 Å². The molecule has 0 radical (unpaired) electrons. The first kappa shape index (κ1) is 21.1. The smallest absolute Gasteiger partial charge is 0.251 e. The monoisotopic (exact) mass is 418 g/mol. The van der Waals surface area contributed by atoms with Crippen LogP contribution in [0.5, 0.6) is 11.5 Å². The van der Waals surface area contributed by atoms with Crippen molar-refractivity contribution in [3.05, 3.63) is 60.0 Å². The molecule has 1 atom stereocenters. The number of nitrogens with one attached hydrogen (secondary N) is 1. The Bertz CT molecular complexity index is 1050. The molecule has 162 valence electrons. The van der Waals surface area contributed by atoms with Gasteiger partial charge in [0.15, 0.2) is 0 Å². The molecule has 6 nitrogen and oxygen atoms in total. The van der Waals surface area contributed by atoms with Gasteiger partial charge in [0.25, 0.3) is 5.91 Å². The fraction of sp³-hybridized carbons (Fsp3) is 0.400. The van der Waals surface area contributed by atoms with Crippen molar-refractivity contribution >= 4 is 5.91 Å². The fourth-order valence-electron chi connectivity index (χ4n) is 4.32. The van der Waals surface area contributed by atoms with Crippen LogP contribution in [0, 0.1) is 12.8 Å². The molecular weight excluding hydrogens is 388 g/mol. The maximum Gasteiger partial charge on any atom is 0.251 e. The van der Waals surface area contributed by atoms with E-state index in [0.29, 0.717) is 23.0 Å². The summed E-state index contributed by atoms with van der Waals surface area (Å²) in [5.41, 5.74) is 3.20. The Labute approximate surface area is 183 Å². The lowest BCUT2D eigenvalue weighted by molar-refractivity contribution is 0.0918. The molecule has 0 aliphatic heterocycles. The van der Waals surface area contributed by atoms with Gasteiger partial charge in [-0.3, -0.25) is 14.5 Å². The van der Waals surface area contributed by atoms with Crippen molar-refractivity contribution in [3.63, 3.8) is 0 Å². The van der Waals surface area contributed by atoms with Crippen LogP contribution in [-0.4, -0.2) is 26.7 Å². The number of nitrogens with zero attached hydrogens (tertiary/aromatic N) is 3. The number of rotatable bonds is 6. The van der Waals surface area contributed by atoms with Gasteiger partial charge < -0.3 is 10.1 Å². The second-order valence-corrected chi connectivity index (χ2v) is 8.47. The van der Waals surface area contributed by atoms with Crippen molar-refractivity contribution in [1.29, 1.82) is 0 Å². The van der Waals surface area contributed by atoms with Crippen LogP contribution in [0.4, 0.5) is 0 Å². The lowest BCUT2D eigenvalue weighted by Gasteiger charge is -2.28. The number of carbonyl (C=O) groups excluding carboxylic acids is 1. The molecular formula is C25H30N4O2. The summed E-state index contributed by atoms with van der Waals surface area (Å²) in [5, 5.41) is 7.42. The number of aromatic nitrogens is 3. The van der Waals surface area contributed by atoms with Gasteiger partial charge in [0.05, 0.1) is 11.9 Å². The lowest BCUT2D eigenvalue weighted by atomic mass is 9.84. The van der Waals surface area contributed by atoms with E-state index >= 15 is 0 Å². The number of carbonyl (C=O) groups is 1. The minimum Gasteiger partial charge on any atom is -0.457 e. The summed E-state index contributed by atoms with van der Waals surface area (Å²) in [6.07, 6.45) is 11.6. The molecule has 0 bridgehead atoms. The number of benzene rings is 1. The third-order valence-electron chi connectivity index (χ3n) is 6.20. The summed E-state index contributed by atoms with van der Waals surface area (Å²) >= 11 is 0. The molecule has 0 spiro atoms. The zero-order valence-corrected chi connectivity index (χ0v) is 18.5. The molecule has 1 saturated carbocycles. The Hall–Kier alpha value is -3.15. The van der Waals surface area contributed by atoms with Gasteiger partial charge in [-0.2, -0.15) is 5.10 Å². The Morgan fingerprint density at radius 2 is 2.03 bits per heavy atom. The SMILES string of the molecule is Cc1c(Oc2ccnc(-c3cnn(C)c3)c2)cccc1C(=O)N[C@H](C)C1CCCCC1. The van der Waals surface area contributed by atoms with Crippen molar-refractivity contribution < 1.29 is 9.53 Å². The van der Waals surface area contributed by atoms with Crippen LogP contribution in [0.2, 0.25) is 0 Å². The van der Waals surface area contributed by atoms with Gasteiger partial charge in [-0.05, 0) is 50.8 Å². The molecule has 31 heavy (non-hydrogen) atoms. The summed E-state index contributed by atoms with van der Waals surface area (Å²) in [5.74, 6) is 1.87. The van der Waals surface area contributed by atoms with Crippen molar-refractivity contribution in [2.24, 2.45) is 13.0 Å². The van der Waals surface area contributed by atoms with Crippen LogP contribution >= 0.6 is 0 Å². The lowest BCUT2D eigenvalue weighted by Crippen LogP contribution is -2.39. The van der Waals surface area contributed by atoms with E-state index in [9.17, 15) is 4.79 Å². The third-order valence-corrected chi connectivity index (χ3v) is 6.20. The Morgan fingerprint density at radius 3 is 2.77 bits per heavy atom. The van der Waals surface area contributed by atoms with Gasteiger partial charge in [-0.1, -0.05) is 25.3 Å². The summed E-state index contributed by atoms with van der Waals surface area (Å²) in [6, 6.07) is 9.50. The van der Waals surface area contributed by atoms with Crippen molar-refractivity contribution in [1.82, 2.24) is 20.1 Å². The fourth-order valence-corrected chi connectivity index (χ4v) is 4.32. The number of ether oxygens (including phenoxy) is 1. The predicted molar refractivity (Wildman–Crippen MR) is 121 cm³/mol. The highest BCUT2D eigenvalue weighted by atomic mass is 16.5. The first-order valence-corrected chi connectivity index (χ1v) is 11.0. The maximum atomic E-state index is 13.0. The molecule has 1 aliphatic carbocycles. The Morgan fingerprint density at radius 1 is 1.23 bits per heavy atom. The normalized spacial score (nSPS) is 15.5. The van der Waals surface area contributed by atoms with E-state index < -0.39 is 0 Å². The van der Waals surface area contributed by atoms with Gasteiger partial charge >= 0.3 is 0 Å². The second-order valence-electron chi connectivity index (χ2n) is 8.47. The number of aryl methyl sites for hydroxylation is 1. The second kappa shape index (κ2) is 9.33. The van der Waals surface area contributed by atoms with E-state index in [1.165, 1.54) is 32.1 Å². The molecule has 2 aromatic heterocycles. The molecule has 1 aliphatic rings. The van der Waals surface area contributed by atoms with E-state index in [1.807, 2.05) is 50.5 Å². The standard InChI is InChI=1S/C25H30N4O2/c1-17-22(25(30)28-18(2)19-8-5-4-6-9-19)10-7-11-24(17)31-21-12-13-26-23(14-21)20-15-27-29(3)16-20/h7,10-16,18-19H,4-6,8-9H2,1-3H3,(H,28,30)/t18-/m1/s1. The quantitative estimate of drug-likeness (QED) is 0.591. The van der Waals surface area contributed by atoms with Crippen LogP contribution in [0.3, 0.4) is 0 Å². The highest BCUT2D eigenvalue weighted by Gasteiger charge is 2.23. The first-order chi connectivity index (χ1) is 15.0. The first-order valence-electron chi connectivity index (χ1n) is 11.0. The van der Waals surface area contributed by atoms with E-state index in [2.05, 4.69) is 22.3 Å². The van der Waals surface area contributed by atoms with E-state index in [0.717, 1.165) is 16.8 Å². The summed E-state index contributed by atoms with van der Waals surface area (Å²) in [6.45, 7) is 4.05. The summed E-state index contributed by atoms with van der Waals surface area (Å²) in [7, 11) is 1.87. The van der Waals surface area contributed by atoms with Gasteiger partial charge in [0.1, 0.15) is 11.5 Å². The largest absolute Gasteiger partial charge is 0.457 e. The van der Waals surface area contributed by atoms with E-state index in [4.69, 9.17) is 4.74 Å². The maximum absolute atomic E-state index is 13.0. The zero-order chi connectivity index (χ0) is 21.8. The van der Waals surface area contributed by atoms with Crippen LogP contribution in [-0.2, 0) is 7.05 Å². The minimum atomic E-state index is -0.0354.